The van der Waals surface area contributed by atoms with Crippen LogP contribution in [-0.4, -0.2) is 50.1 Å². The van der Waals surface area contributed by atoms with Crippen LogP contribution in [0.3, 0.4) is 0 Å². The molecule has 116 valence electrons. The summed E-state index contributed by atoms with van der Waals surface area (Å²) < 4.78 is 0. The van der Waals surface area contributed by atoms with Gasteiger partial charge in [0.2, 0.25) is 0 Å². The highest BCUT2D eigenvalue weighted by Gasteiger charge is 2.12. The number of hydrogen-bond acceptors (Lipinski definition) is 3. The van der Waals surface area contributed by atoms with Crippen LogP contribution in [0.4, 0.5) is 10.5 Å². The van der Waals surface area contributed by atoms with Crippen LogP contribution in [0.15, 0.2) is 24.3 Å². The minimum Gasteiger partial charge on any atom is -0.340 e. The maximum absolute atomic E-state index is 12.2. The average molecular weight is 292 g/mol. The zero-order valence-electron chi connectivity index (χ0n) is 13.1. The van der Waals surface area contributed by atoms with Crippen molar-refractivity contribution in [2.75, 3.05) is 32.5 Å². The van der Waals surface area contributed by atoms with Gasteiger partial charge in [0.1, 0.15) is 0 Å². The molecule has 0 aliphatic heterocycles. The molecule has 0 saturated carbocycles. The van der Waals surface area contributed by atoms with E-state index in [-0.39, 0.29) is 18.0 Å². The Kier molecular flexibility index (Phi) is 6.68. The summed E-state index contributed by atoms with van der Waals surface area (Å²) in [6.07, 6.45) is 0. The lowest BCUT2D eigenvalue weighted by atomic mass is 10.2. The first-order valence-electron chi connectivity index (χ1n) is 7.01. The Bertz CT molecular complexity index is 488. The van der Waals surface area contributed by atoms with Gasteiger partial charge in [-0.2, -0.15) is 0 Å². The van der Waals surface area contributed by atoms with Crippen LogP contribution in [0.25, 0.3) is 0 Å². The monoisotopic (exact) mass is 292 g/mol. The average Bonchev–Trinajstić information content (AvgIpc) is 2.43. The Morgan fingerprint density at radius 3 is 2.62 bits per heavy atom. The molecular formula is C15H24N4O2. The molecule has 3 amide bonds. The number of rotatable bonds is 6. The fourth-order valence-electron chi connectivity index (χ4n) is 1.76. The number of carbonyl (C=O) groups is 2. The van der Waals surface area contributed by atoms with E-state index in [9.17, 15) is 9.59 Å². The summed E-state index contributed by atoms with van der Waals surface area (Å²) in [6.45, 7) is 5.13. The van der Waals surface area contributed by atoms with Gasteiger partial charge >= 0.3 is 6.03 Å². The highest BCUT2D eigenvalue weighted by Crippen LogP contribution is 2.12. The second-order valence-electron chi connectivity index (χ2n) is 5.16. The van der Waals surface area contributed by atoms with Gasteiger partial charge in [0.25, 0.3) is 5.91 Å². The molecule has 0 bridgehead atoms. The molecular weight excluding hydrogens is 268 g/mol. The van der Waals surface area contributed by atoms with Crippen molar-refractivity contribution >= 4 is 17.6 Å². The van der Waals surface area contributed by atoms with Gasteiger partial charge in [0.05, 0.1) is 0 Å². The van der Waals surface area contributed by atoms with Gasteiger partial charge in [0, 0.05) is 37.4 Å². The first-order chi connectivity index (χ1) is 9.93. The number of anilines is 1. The molecule has 1 rings (SSSR count). The third-order valence-electron chi connectivity index (χ3n) is 2.83. The predicted molar refractivity (Wildman–Crippen MR) is 84.6 cm³/mol. The predicted octanol–water partition coefficient (Wildman–Crippen LogP) is 1.51. The molecule has 0 fully saturated rings. The molecule has 0 aliphatic carbocycles. The third-order valence-corrected chi connectivity index (χ3v) is 2.83. The number of amides is 3. The molecule has 0 unspecified atom stereocenters. The Morgan fingerprint density at radius 2 is 2.00 bits per heavy atom. The second kappa shape index (κ2) is 8.26. The number of benzene rings is 1. The van der Waals surface area contributed by atoms with Crippen LogP contribution < -0.4 is 16.0 Å². The van der Waals surface area contributed by atoms with Crippen molar-refractivity contribution in [3.63, 3.8) is 0 Å². The lowest BCUT2D eigenvalue weighted by Crippen LogP contribution is -2.34. The van der Waals surface area contributed by atoms with E-state index in [1.54, 1.807) is 36.2 Å². The molecule has 3 N–H and O–H groups in total. The van der Waals surface area contributed by atoms with E-state index < -0.39 is 0 Å². The van der Waals surface area contributed by atoms with E-state index in [1.807, 2.05) is 20.9 Å². The van der Waals surface area contributed by atoms with Gasteiger partial charge in [0.15, 0.2) is 0 Å². The normalized spacial score (nSPS) is 10.3. The van der Waals surface area contributed by atoms with Crippen molar-refractivity contribution in [3.05, 3.63) is 29.8 Å². The number of carbonyl (C=O) groups excluding carboxylic acids is 2. The van der Waals surface area contributed by atoms with Crippen LogP contribution in [0.2, 0.25) is 0 Å². The highest BCUT2D eigenvalue weighted by atomic mass is 16.2. The zero-order chi connectivity index (χ0) is 15.8. The van der Waals surface area contributed by atoms with Gasteiger partial charge in [-0.25, -0.2) is 4.79 Å². The van der Waals surface area contributed by atoms with Gasteiger partial charge in [-0.1, -0.05) is 6.07 Å². The first kappa shape index (κ1) is 17.0. The highest BCUT2D eigenvalue weighted by molar-refractivity contribution is 5.96. The number of urea groups is 1. The van der Waals surface area contributed by atoms with E-state index in [2.05, 4.69) is 16.0 Å². The quantitative estimate of drug-likeness (QED) is 0.744. The number of likely N-dealkylation sites (N-methyl/N-ethyl adjacent to an activating group) is 2. The van der Waals surface area contributed by atoms with Crippen molar-refractivity contribution in [1.82, 2.24) is 15.5 Å². The maximum atomic E-state index is 12.2. The SMILES string of the molecule is CNCCN(C)C(=O)c1cccc(NC(=O)NC(C)C)c1. The molecule has 21 heavy (non-hydrogen) atoms. The first-order valence-corrected chi connectivity index (χ1v) is 7.01. The number of nitrogens with zero attached hydrogens (tertiary/aromatic N) is 1. The van der Waals surface area contributed by atoms with Crippen molar-refractivity contribution < 1.29 is 9.59 Å². The fourth-order valence-corrected chi connectivity index (χ4v) is 1.76. The molecule has 0 saturated heterocycles. The van der Waals surface area contributed by atoms with Crippen molar-refractivity contribution in [2.24, 2.45) is 0 Å². The molecule has 1 aromatic carbocycles. The molecule has 1 aromatic rings. The molecule has 0 aromatic heterocycles. The molecule has 0 atom stereocenters. The van der Waals surface area contributed by atoms with Crippen molar-refractivity contribution in [3.8, 4) is 0 Å². The van der Waals surface area contributed by atoms with E-state index in [0.717, 1.165) is 6.54 Å². The molecule has 6 heteroatoms. The van der Waals surface area contributed by atoms with Crippen molar-refractivity contribution in [1.29, 1.82) is 0 Å². The van der Waals surface area contributed by atoms with E-state index in [4.69, 9.17) is 0 Å². The Morgan fingerprint density at radius 1 is 1.29 bits per heavy atom. The lowest BCUT2D eigenvalue weighted by molar-refractivity contribution is 0.0797. The van der Waals surface area contributed by atoms with E-state index in [1.165, 1.54) is 0 Å². The smallest absolute Gasteiger partial charge is 0.319 e. The zero-order valence-corrected chi connectivity index (χ0v) is 13.1. The molecule has 0 aliphatic rings. The van der Waals surface area contributed by atoms with Crippen LogP contribution in [-0.2, 0) is 0 Å². The van der Waals surface area contributed by atoms with Gasteiger partial charge in [-0.05, 0) is 39.1 Å². The fraction of sp³-hybridized carbons (Fsp3) is 0.467. The molecule has 0 spiro atoms. The summed E-state index contributed by atoms with van der Waals surface area (Å²) >= 11 is 0. The summed E-state index contributed by atoms with van der Waals surface area (Å²) in [5, 5.41) is 8.46. The largest absolute Gasteiger partial charge is 0.340 e. The van der Waals surface area contributed by atoms with Gasteiger partial charge in [-0.3, -0.25) is 4.79 Å². The summed E-state index contributed by atoms with van der Waals surface area (Å²) in [5.41, 5.74) is 1.15. The van der Waals surface area contributed by atoms with Crippen LogP contribution in [0, 0.1) is 0 Å². The minimum atomic E-state index is -0.280. The van der Waals surface area contributed by atoms with Crippen LogP contribution >= 0.6 is 0 Å². The van der Waals surface area contributed by atoms with E-state index >= 15 is 0 Å². The van der Waals surface area contributed by atoms with Crippen LogP contribution in [0.5, 0.6) is 0 Å². The van der Waals surface area contributed by atoms with Crippen molar-refractivity contribution in [2.45, 2.75) is 19.9 Å². The summed E-state index contributed by atoms with van der Waals surface area (Å²) in [6, 6.07) is 6.71. The summed E-state index contributed by atoms with van der Waals surface area (Å²) in [5.74, 6) is -0.0711. The lowest BCUT2D eigenvalue weighted by Gasteiger charge is -2.17. The third kappa shape index (κ3) is 5.83. The summed E-state index contributed by atoms with van der Waals surface area (Å²) in [7, 11) is 3.60. The Labute approximate surface area is 125 Å². The second-order valence-corrected chi connectivity index (χ2v) is 5.16. The Hall–Kier alpha value is -2.08. The number of hydrogen-bond donors (Lipinski definition) is 3. The molecule has 0 radical (unpaired) electrons. The summed E-state index contributed by atoms with van der Waals surface area (Å²) in [4.78, 5) is 25.5. The van der Waals surface area contributed by atoms with Gasteiger partial charge in [-0.15, -0.1) is 0 Å². The minimum absolute atomic E-state index is 0.0579. The standard InChI is InChI=1S/C15H24N4O2/c1-11(2)17-15(21)18-13-7-5-6-12(10-13)14(20)19(4)9-8-16-3/h5-7,10-11,16H,8-9H2,1-4H3,(H2,17,18,21). The maximum Gasteiger partial charge on any atom is 0.319 e. The molecule has 6 nitrogen and oxygen atoms in total. The number of nitrogens with one attached hydrogen (secondary N) is 3. The van der Waals surface area contributed by atoms with Gasteiger partial charge < -0.3 is 20.9 Å². The van der Waals surface area contributed by atoms with E-state index in [0.29, 0.717) is 17.8 Å². The topological polar surface area (TPSA) is 73.5 Å². The molecule has 0 heterocycles. The Balaban J connectivity index is 2.71. The van der Waals surface area contributed by atoms with Crippen LogP contribution in [0.1, 0.15) is 24.2 Å².